The zero-order valence-corrected chi connectivity index (χ0v) is 27.5. The van der Waals surface area contributed by atoms with Crippen molar-refractivity contribution in [3.8, 4) is 22.3 Å². The number of nitrogens with two attached hydrogens (primary N) is 2. The van der Waals surface area contributed by atoms with Crippen LogP contribution in [0.15, 0.2) is 188 Å². The monoisotopic (exact) mass is 632 g/mol. The molecular formula is C47H40N2. The van der Waals surface area contributed by atoms with Crippen LogP contribution in [0.5, 0.6) is 0 Å². The quantitative estimate of drug-likeness (QED) is 0.147. The summed E-state index contributed by atoms with van der Waals surface area (Å²) in [6, 6.07) is 61.9. The van der Waals surface area contributed by atoms with Gasteiger partial charge in [-0.1, -0.05) is 182 Å². The molecule has 0 fully saturated rings. The molecule has 0 saturated carbocycles. The third-order valence-corrected chi connectivity index (χ3v) is 9.20. The number of fused-ring (bicyclic) bond motifs is 1. The summed E-state index contributed by atoms with van der Waals surface area (Å²) in [7, 11) is 0. The van der Waals surface area contributed by atoms with Gasteiger partial charge in [0.25, 0.3) is 0 Å². The fourth-order valence-electron chi connectivity index (χ4n) is 6.53. The zero-order valence-electron chi connectivity index (χ0n) is 27.5. The molecule has 2 heteroatoms. The number of hydrogen-bond donors (Lipinski definition) is 2. The van der Waals surface area contributed by atoms with Crippen molar-refractivity contribution in [1.82, 2.24) is 0 Å². The lowest BCUT2D eigenvalue weighted by molar-refractivity contribution is 0.722. The van der Waals surface area contributed by atoms with Crippen molar-refractivity contribution < 1.29 is 0 Å². The fraction of sp³-hybridized carbons (Fsp3) is 0.0638. The summed E-state index contributed by atoms with van der Waals surface area (Å²) in [5, 5.41) is 2.46. The van der Waals surface area contributed by atoms with Gasteiger partial charge in [0.15, 0.2) is 0 Å². The molecule has 0 aliphatic heterocycles. The molecule has 0 radical (unpaired) electrons. The molecule has 4 N–H and O–H groups in total. The first-order chi connectivity index (χ1) is 24.1. The largest absolute Gasteiger partial charge is 0.398 e. The van der Waals surface area contributed by atoms with E-state index in [0.29, 0.717) is 0 Å². The van der Waals surface area contributed by atoms with Gasteiger partial charge in [0.1, 0.15) is 0 Å². The Morgan fingerprint density at radius 2 is 1.14 bits per heavy atom. The minimum absolute atomic E-state index is 0.0387. The molecule has 49 heavy (non-hydrogen) atoms. The Balaban J connectivity index is 1.23. The van der Waals surface area contributed by atoms with Crippen molar-refractivity contribution in [3.05, 3.63) is 216 Å². The second-order valence-corrected chi connectivity index (χ2v) is 12.5. The Morgan fingerprint density at radius 3 is 1.86 bits per heavy atom. The molecular weight excluding hydrogens is 593 g/mol. The van der Waals surface area contributed by atoms with Crippen molar-refractivity contribution >= 4 is 22.0 Å². The third kappa shape index (κ3) is 7.46. The van der Waals surface area contributed by atoms with Crippen molar-refractivity contribution in [3.63, 3.8) is 0 Å². The summed E-state index contributed by atoms with van der Waals surface area (Å²) in [6.07, 6.45) is 5.97. The van der Waals surface area contributed by atoms with E-state index in [2.05, 4.69) is 152 Å². The van der Waals surface area contributed by atoms with E-state index in [1.165, 1.54) is 44.2 Å². The number of rotatable bonds is 10. The molecule has 0 amide bonds. The summed E-state index contributed by atoms with van der Waals surface area (Å²) in [5.74, 6) is 0. The van der Waals surface area contributed by atoms with E-state index in [0.717, 1.165) is 40.8 Å². The van der Waals surface area contributed by atoms with Crippen LogP contribution in [0.2, 0.25) is 0 Å². The predicted octanol–water partition coefficient (Wildman–Crippen LogP) is 11.0. The summed E-state index contributed by atoms with van der Waals surface area (Å²) in [6.45, 7) is 0. The van der Waals surface area contributed by atoms with Crippen LogP contribution in [-0.2, 0) is 12.8 Å². The van der Waals surface area contributed by atoms with Crippen molar-refractivity contribution in [2.75, 3.05) is 0 Å². The Morgan fingerprint density at radius 1 is 0.531 bits per heavy atom. The van der Waals surface area contributed by atoms with Crippen LogP contribution in [-0.4, -0.2) is 0 Å². The maximum Gasteiger partial charge on any atom is 0.0393 e. The minimum atomic E-state index is -0.0387. The maximum atomic E-state index is 6.64. The van der Waals surface area contributed by atoms with Crippen LogP contribution in [0.25, 0.3) is 44.3 Å². The smallest absolute Gasteiger partial charge is 0.0393 e. The Bertz CT molecular complexity index is 2200. The number of allylic oxidation sites excluding steroid dienone is 3. The SMILES string of the molecule is N/C(=C\C(=C/Cc1ccccc1)c1ccc(-c2ccc3ccccc3c2-c2ccc(CC(N)c3ccccc3)cc2)cc1)c1ccccc1. The maximum absolute atomic E-state index is 6.64. The van der Waals surface area contributed by atoms with E-state index < -0.39 is 0 Å². The highest BCUT2D eigenvalue weighted by molar-refractivity contribution is 6.04. The van der Waals surface area contributed by atoms with Gasteiger partial charge in [0.05, 0.1) is 0 Å². The minimum Gasteiger partial charge on any atom is -0.398 e. The molecule has 0 spiro atoms. The van der Waals surface area contributed by atoms with E-state index >= 15 is 0 Å². The Labute approximate surface area is 289 Å². The molecule has 0 saturated heterocycles. The van der Waals surface area contributed by atoms with Crippen LogP contribution in [0.1, 0.15) is 33.9 Å². The molecule has 0 bridgehead atoms. The first kappa shape index (κ1) is 31.6. The van der Waals surface area contributed by atoms with Gasteiger partial charge in [0, 0.05) is 11.7 Å². The van der Waals surface area contributed by atoms with E-state index in [1.807, 2.05) is 36.4 Å². The molecule has 7 rings (SSSR count). The van der Waals surface area contributed by atoms with Crippen LogP contribution < -0.4 is 11.5 Å². The Hall–Kier alpha value is -5.96. The van der Waals surface area contributed by atoms with Crippen LogP contribution in [0.4, 0.5) is 0 Å². The third-order valence-electron chi connectivity index (χ3n) is 9.20. The van der Waals surface area contributed by atoms with Crippen molar-refractivity contribution in [2.45, 2.75) is 18.9 Å². The van der Waals surface area contributed by atoms with Crippen molar-refractivity contribution in [2.24, 2.45) is 11.5 Å². The normalized spacial score (nSPS) is 12.6. The number of benzene rings is 7. The highest BCUT2D eigenvalue weighted by Gasteiger charge is 2.14. The lowest BCUT2D eigenvalue weighted by Crippen LogP contribution is -2.13. The fourth-order valence-corrected chi connectivity index (χ4v) is 6.53. The molecule has 0 heterocycles. The average Bonchev–Trinajstić information content (AvgIpc) is 3.17. The predicted molar refractivity (Wildman–Crippen MR) is 209 cm³/mol. The molecule has 0 aromatic heterocycles. The number of hydrogen-bond acceptors (Lipinski definition) is 2. The van der Waals surface area contributed by atoms with E-state index in [1.54, 1.807) is 0 Å². The second-order valence-electron chi connectivity index (χ2n) is 12.5. The van der Waals surface area contributed by atoms with E-state index in [4.69, 9.17) is 11.5 Å². The Kier molecular flexibility index (Phi) is 9.59. The molecule has 0 aliphatic rings. The van der Waals surface area contributed by atoms with Gasteiger partial charge >= 0.3 is 0 Å². The zero-order chi connectivity index (χ0) is 33.4. The molecule has 7 aromatic carbocycles. The van der Waals surface area contributed by atoms with Crippen LogP contribution >= 0.6 is 0 Å². The van der Waals surface area contributed by atoms with Gasteiger partial charge in [0.2, 0.25) is 0 Å². The summed E-state index contributed by atoms with van der Waals surface area (Å²) in [5.41, 5.74) is 25.6. The summed E-state index contributed by atoms with van der Waals surface area (Å²) in [4.78, 5) is 0. The standard InChI is InChI=1S/C47H40N2/c48-45(39-15-6-2-7-16-39)32-35-21-23-41(24-22-35)47-43-19-11-10-14-37(43)30-31-44(47)38-28-26-36(27-29-38)42(25-20-34-12-4-1-5-13-34)33-46(49)40-17-8-3-9-18-40/h1-19,21-31,33,45H,20,32,48-49H2/b42-25+,46-33-. The van der Waals surface area contributed by atoms with E-state index in [9.17, 15) is 0 Å². The lowest BCUT2D eigenvalue weighted by Gasteiger charge is -2.16. The summed E-state index contributed by atoms with van der Waals surface area (Å²) >= 11 is 0. The molecule has 0 aliphatic carbocycles. The van der Waals surface area contributed by atoms with Gasteiger partial charge in [-0.15, -0.1) is 0 Å². The lowest BCUT2D eigenvalue weighted by atomic mass is 9.88. The molecule has 2 nitrogen and oxygen atoms in total. The summed E-state index contributed by atoms with van der Waals surface area (Å²) < 4.78 is 0. The van der Waals surface area contributed by atoms with Gasteiger partial charge in [-0.05, 0) is 85.3 Å². The highest BCUT2D eigenvalue weighted by atomic mass is 14.6. The van der Waals surface area contributed by atoms with Crippen molar-refractivity contribution in [1.29, 1.82) is 0 Å². The van der Waals surface area contributed by atoms with Gasteiger partial charge in [-0.2, -0.15) is 0 Å². The van der Waals surface area contributed by atoms with Crippen LogP contribution in [0, 0.1) is 0 Å². The molecule has 238 valence electrons. The van der Waals surface area contributed by atoms with Gasteiger partial charge in [-0.25, -0.2) is 0 Å². The van der Waals surface area contributed by atoms with Crippen LogP contribution in [0.3, 0.4) is 0 Å². The topological polar surface area (TPSA) is 52.0 Å². The molecule has 1 atom stereocenters. The highest BCUT2D eigenvalue weighted by Crippen LogP contribution is 2.39. The van der Waals surface area contributed by atoms with E-state index in [-0.39, 0.29) is 6.04 Å². The first-order valence-electron chi connectivity index (χ1n) is 16.9. The first-order valence-corrected chi connectivity index (χ1v) is 16.9. The van der Waals surface area contributed by atoms with Gasteiger partial charge in [-0.3, -0.25) is 0 Å². The van der Waals surface area contributed by atoms with Gasteiger partial charge < -0.3 is 11.5 Å². The second kappa shape index (κ2) is 14.9. The average molecular weight is 633 g/mol. The molecule has 7 aromatic rings. The molecule has 1 unspecified atom stereocenters.